The molecule has 0 aliphatic carbocycles. The molecule has 5 N–H and O–H groups in total. The lowest BCUT2D eigenvalue weighted by molar-refractivity contribution is -0.579. The predicted molar refractivity (Wildman–Crippen MR) is 63.0 cm³/mol. The zero-order valence-electron chi connectivity index (χ0n) is 10.4. The van der Waals surface area contributed by atoms with Gasteiger partial charge in [0.25, 0.3) is 5.56 Å². The number of aromatic nitrogens is 2. The molecule has 1 aromatic rings. The van der Waals surface area contributed by atoms with Gasteiger partial charge in [-0.25, -0.2) is 4.79 Å². The van der Waals surface area contributed by atoms with E-state index in [4.69, 9.17) is 10.6 Å². The van der Waals surface area contributed by atoms with Crippen LogP contribution in [0.2, 0.25) is 0 Å². The van der Waals surface area contributed by atoms with E-state index in [1.165, 1.54) is 10.8 Å². The van der Waals surface area contributed by atoms with Crippen molar-refractivity contribution in [3.63, 3.8) is 0 Å². The Kier molecular flexibility index (Phi) is 3.76. The van der Waals surface area contributed by atoms with Crippen LogP contribution >= 0.6 is 0 Å². The van der Waals surface area contributed by atoms with Crippen LogP contribution in [0.25, 0.3) is 0 Å². The van der Waals surface area contributed by atoms with Crippen molar-refractivity contribution in [2.45, 2.75) is 31.7 Å². The molecule has 0 bridgehead atoms. The lowest BCUT2D eigenvalue weighted by atomic mass is 10.1. The topological polar surface area (TPSA) is 137 Å². The van der Waals surface area contributed by atoms with Crippen LogP contribution in [0.3, 0.4) is 0 Å². The van der Waals surface area contributed by atoms with Gasteiger partial charge in [0.1, 0.15) is 18.4 Å². The average molecular weight is 270 g/mol. The monoisotopic (exact) mass is 270 g/mol. The first kappa shape index (κ1) is 13.4. The van der Waals surface area contributed by atoms with Gasteiger partial charge >= 0.3 is 5.69 Å². The van der Waals surface area contributed by atoms with Crippen LogP contribution in [0.15, 0.2) is 21.0 Å². The number of aliphatic hydroxyl groups is 1. The number of aromatic amines is 1. The van der Waals surface area contributed by atoms with E-state index in [0.29, 0.717) is 12.0 Å². The maximum Gasteiger partial charge on any atom is 0.330 e. The summed E-state index contributed by atoms with van der Waals surface area (Å²) in [5.41, 5.74) is -0.573. The zero-order chi connectivity index (χ0) is 14.0. The van der Waals surface area contributed by atoms with Crippen molar-refractivity contribution in [1.82, 2.24) is 9.55 Å². The SMILES string of the molecule is Cc1cn(C2CC([NH+]=NN)C(CO)O2)c(=O)[nH]c1=O. The fourth-order valence-corrected chi connectivity index (χ4v) is 2.10. The maximum atomic E-state index is 11.7. The second-order valence-electron chi connectivity index (χ2n) is 4.39. The second kappa shape index (κ2) is 5.33. The smallest absolute Gasteiger partial charge is 0.330 e. The molecule has 1 aliphatic rings. The first-order chi connectivity index (χ1) is 9.06. The third kappa shape index (κ3) is 2.56. The van der Waals surface area contributed by atoms with Crippen LogP contribution < -0.4 is 22.2 Å². The summed E-state index contributed by atoms with van der Waals surface area (Å²) in [5, 5.41) is 15.1. The van der Waals surface area contributed by atoms with Crippen molar-refractivity contribution in [1.29, 1.82) is 0 Å². The predicted octanol–water partition coefficient (Wildman–Crippen LogP) is -3.10. The summed E-state index contributed by atoms with van der Waals surface area (Å²) in [4.78, 5) is 25.2. The molecular weight excluding hydrogens is 254 g/mol. The van der Waals surface area contributed by atoms with Crippen LogP contribution in [0.4, 0.5) is 0 Å². The fraction of sp³-hybridized carbons (Fsp3) is 0.600. The summed E-state index contributed by atoms with van der Waals surface area (Å²) in [6, 6.07) is -0.292. The normalized spacial score (nSPS) is 27.2. The molecule has 3 unspecified atom stereocenters. The van der Waals surface area contributed by atoms with E-state index in [2.05, 4.69) is 15.3 Å². The minimum absolute atomic E-state index is 0.221. The van der Waals surface area contributed by atoms with Crippen LogP contribution in [-0.2, 0) is 4.74 Å². The third-order valence-electron chi connectivity index (χ3n) is 3.11. The quantitative estimate of drug-likeness (QED) is 0.262. The van der Waals surface area contributed by atoms with Crippen molar-refractivity contribution in [2.24, 2.45) is 11.1 Å². The summed E-state index contributed by atoms with van der Waals surface area (Å²) >= 11 is 0. The van der Waals surface area contributed by atoms with E-state index in [-0.39, 0.29) is 12.6 Å². The van der Waals surface area contributed by atoms with Gasteiger partial charge in [-0.3, -0.25) is 14.3 Å². The van der Waals surface area contributed by atoms with Crippen LogP contribution in [0.1, 0.15) is 18.2 Å². The molecule has 0 saturated carbocycles. The van der Waals surface area contributed by atoms with Crippen molar-refractivity contribution in [2.75, 3.05) is 6.61 Å². The second-order valence-corrected chi connectivity index (χ2v) is 4.39. The number of rotatable bonds is 3. The number of aryl methyl sites for hydroxylation is 1. The molecule has 1 fully saturated rings. The third-order valence-corrected chi connectivity index (χ3v) is 3.11. The first-order valence-corrected chi connectivity index (χ1v) is 5.80. The molecule has 0 spiro atoms. The van der Waals surface area contributed by atoms with Crippen molar-refractivity contribution in [3.8, 4) is 0 Å². The number of nitrogens with two attached hydrogens (primary N) is 1. The van der Waals surface area contributed by atoms with E-state index >= 15 is 0 Å². The minimum Gasteiger partial charge on any atom is -0.393 e. The highest BCUT2D eigenvalue weighted by molar-refractivity contribution is 5.01. The molecule has 0 radical (unpaired) electrons. The fourth-order valence-electron chi connectivity index (χ4n) is 2.10. The zero-order valence-corrected chi connectivity index (χ0v) is 10.4. The van der Waals surface area contributed by atoms with Gasteiger partial charge in [-0.2, -0.15) is 11.0 Å². The highest BCUT2D eigenvalue weighted by Gasteiger charge is 2.38. The molecule has 1 aromatic heterocycles. The van der Waals surface area contributed by atoms with Gasteiger partial charge in [0.05, 0.1) is 11.8 Å². The lowest BCUT2D eigenvalue weighted by Gasteiger charge is -2.14. The van der Waals surface area contributed by atoms with Crippen LogP contribution in [0, 0.1) is 6.92 Å². The Morgan fingerprint density at radius 3 is 3.05 bits per heavy atom. The van der Waals surface area contributed by atoms with E-state index < -0.39 is 23.6 Å². The molecule has 9 nitrogen and oxygen atoms in total. The van der Waals surface area contributed by atoms with Crippen LogP contribution in [-0.4, -0.2) is 33.4 Å². The van der Waals surface area contributed by atoms with Gasteiger partial charge in [0.15, 0.2) is 0 Å². The summed E-state index contributed by atoms with van der Waals surface area (Å²) < 4.78 is 6.84. The number of hydrogen-bond donors (Lipinski definition) is 4. The lowest BCUT2D eigenvalue weighted by Crippen LogP contribution is -2.77. The van der Waals surface area contributed by atoms with Crippen molar-refractivity contribution in [3.05, 3.63) is 32.6 Å². The van der Waals surface area contributed by atoms with Crippen molar-refractivity contribution < 1.29 is 15.0 Å². The largest absolute Gasteiger partial charge is 0.393 e. The minimum atomic E-state index is -0.584. The molecule has 2 rings (SSSR count). The molecule has 1 saturated heterocycles. The molecule has 0 amide bonds. The van der Waals surface area contributed by atoms with Crippen molar-refractivity contribution >= 4 is 0 Å². The number of hydrogen-bond acceptors (Lipinski definition) is 5. The highest BCUT2D eigenvalue weighted by atomic mass is 16.5. The Bertz CT molecular complexity index is 592. The average Bonchev–Trinajstić information content (AvgIpc) is 2.77. The molecule has 1 aliphatic heterocycles. The summed E-state index contributed by atoms with van der Waals surface area (Å²) in [6.07, 6.45) is 0.732. The molecule has 104 valence electrons. The summed E-state index contributed by atoms with van der Waals surface area (Å²) in [6.45, 7) is 1.37. The van der Waals surface area contributed by atoms with Gasteiger partial charge in [-0.05, 0) is 6.92 Å². The summed E-state index contributed by atoms with van der Waals surface area (Å²) in [7, 11) is 0. The van der Waals surface area contributed by atoms with Crippen LogP contribution in [0.5, 0.6) is 0 Å². The Hall–Kier alpha value is -2.00. The Labute approximate surface area is 107 Å². The highest BCUT2D eigenvalue weighted by Crippen LogP contribution is 2.25. The number of ether oxygens (including phenoxy) is 1. The number of nitrogens with one attached hydrogen (secondary N) is 2. The Morgan fingerprint density at radius 2 is 2.42 bits per heavy atom. The molecule has 0 aromatic carbocycles. The van der Waals surface area contributed by atoms with E-state index in [0.717, 1.165) is 0 Å². The Morgan fingerprint density at radius 1 is 1.68 bits per heavy atom. The standard InChI is InChI=1S/C10H15N5O4/c1-5-3-15(10(18)12-9(5)17)8-2-6(13-14-11)7(4-16)19-8/h3,6-8,16H,2,4H2,1H3,(H2,11,13)(H,12,17,18)/p+1. The molecule has 3 atom stereocenters. The van der Waals surface area contributed by atoms with Gasteiger partial charge < -0.3 is 9.84 Å². The molecule has 2 heterocycles. The molecular formula is C10H16N5O4+. The Balaban J connectivity index is 2.32. The van der Waals surface area contributed by atoms with Gasteiger partial charge in [-0.15, -0.1) is 0 Å². The van der Waals surface area contributed by atoms with Gasteiger partial charge in [-0.1, -0.05) is 0 Å². The van der Waals surface area contributed by atoms with E-state index in [9.17, 15) is 14.7 Å². The first-order valence-electron chi connectivity index (χ1n) is 5.80. The number of nitrogens with zero attached hydrogens (tertiary/aromatic N) is 2. The van der Waals surface area contributed by atoms with Gasteiger partial charge in [0, 0.05) is 18.2 Å². The molecule has 19 heavy (non-hydrogen) atoms. The maximum absolute atomic E-state index is 11.7. The number of H-pyrrole nitrogens is 1. The van der Waals surface area contributed by atoms with Gasteiger partial charge in [0.2, 0.25) is 0 Å². The molecule has 9 heteroatoms. The summed E-state index contributed by atoms with van der Waals surface area (Å²) in [5.74, 6) is 5.04. The van der Waals surface area contributed by atoms with E-state index in [1.807, 2.05) is 0 Å². The van der Waals surface area contributed by atoms with E-state index in [1.54, 1.807) is 6.92 Å². The number of aliphatic hydroxyl groups excluding tert-OH is 1.